The molecule has 2 atom stereocenters. The van der Waals surface area contributed by atoms with Crippen LogP contribution in [0.3, 0.4) is 0 Å². The zero-order valence-corrected chi connectivity index (χ0v) is 13.2. The van der Waals surface area contributed by atoms with Gasteiger partial charge in [0.1, 0.15) is 11.6 Å². The zero-order chi connectivity index (χ0) is 15.0. The lowest BCUT2D eigenvalue weighted by molar-refractivity contribution is -0.121. The predicted molar refractivity (Wildman–Crippen MR) is 80.5 cm³/mol. The number of amides is 1. The Hall–Kier alpha value is -1.23. The first kappa shape index (κ1) is 14.7. The summed E-state index contributed by atoms with van der Waals surface area (Å²) in [6, 6.07) is 4.44. The first-order chi connectivity index (χ1) is 10.1. The number of rotatable bonds is 2. The van der Waals surface area contributed by atoms with E-state index in [1.807, 2.05) is 0 Å². The van der Waals surface area contributed by atoms with Crippen LogP contribution in [0.2, 0.25) is 0 Å². The smallest absolute Gasteiger partial charge is 0.257 e. The molecule has 0 spiro atoms. The normalized spacial score (nSPS) is 25.6. The Morgan fingerprint density at radius 1 is 1.29 bits per heavy atom. The lowest BCUT2D eigenvalue weighted by Crippen LogP contribution is -2.41. The predicted octanol–water partition coefficient (Wildman–Crippen LogP) is 3.56. The molecule has 112 valence electrons. The van der Waals surface area contributed by atoms with Crippen LogP contribution in [-0.2, 0) is 4.79 Å². The maximum Gasteiger partial charge on any atom is 0.257 e. The molecule has 3 nitrogen and oxygen atoms in total. The van der Waals surface area contributed by atoms with Crippen molar-refractivity contribution in [2.75, 3.05) is 6.54 Å². The van der Waals surface area contributed by atoms with Crippen LogP contribution >= 0.6 is 15.9 Å². The van der Waals surface area contributed by atoms with Crippen LogP contribution in [0.4, 0.5) is 4.39 Å². The molecule has 1 heterocycles. The minimum atomic E-state index is -0.516. The zero-order valence-electron chi connectivity index (χ0n) is 11.6. The summed E-state index contributed by atoms with van der Waals surface area (Å²) in [6.07, 6.45) is 4.12. The number of carbonyl (C=O) groups is 2. The van der Waals surface area contributed by atoms with Gasteiger partial charge in [-0.15, -0.1) is 0 Å². The van der Waals surface area contributed by atoms with Crippen molar-refractivity contribution < 1.29 is 14.0 Å². The molecule has 2 unspecified atom stereocenters. The van der Waals surface area contributed by atoms with E-state index in [1.54, 1.807) is 11.0 Å². The second kappa shape index (κ2) is 5.87. The van der Waals surface area contributed by atoms with E-state index in [4.69, 9.17) is 0 Å². The third-order valence-electron chi connectivity index (χ3n) is 4.54. The SMILES string of the molecule is O=C1CCCC1C1CCCN1C(=O)c1ccc(Br)cc1F. The molecular formula is C16H17BrFNO2. The number of benzene rings is 1. The van der Waals surface area contributed by atoms with E-state index in [0.29, 0.717) is 17.4 Å². The monoisotopic (exact) mass is 353 g/mol. The molecule has 1 saturated carbocycles. The number of nitrogens with zero attached hydrogens (tertiary/aromatic N) is 1. The summed E-state index contributed by atoms with van der Waals surface area (Å²) in [7, 11) is 0. The molecule has 2 fully saturated rings. The lowest BCUT2D eigenvalue weighted by atomic mass is 9.94. The number of likely N-dealkylation sites (tertiary alicyclic amines) is 1. The summed E-state index contributed by atoms with van der Waals surface area (Å²) in [5, 5.41) is 0. The van der Waals surface area contributed by atoms with Crippen molar-refractivity contribution in [3.05, 3.63) is 34.1 Å². The minimum absolute atomic E-state index is 0.0458. The molecular weight excluding hydrogens is 337 g/mol. The van der Waals surface area contributed by atoms with Gasteiger partial charge in [0.2, 0.25) is 0 Å². The van der Waals surface area contributed by atoms with E-state index in [2.05, 4.69) is 15.9 Å². The Balaban J connectivity index is 1.84. The number of hydrogen-bond acceptors (Lipinski definition) is 2. The molecule has 1 saturated heterocycles. The van der Waals surface area contributed by atoms with Gasteiger partial charge in [-0.3, -0.25) is 9.59 Å². The number of hydrogen-bond donors (Lipinski definition) is 0. The topological polar surface area (TPSA) is 37.4 Å². The highest BCUT2D eigenvalue weighted by atomic mass is 79.9. The molecule has 21 heavy (non-hydrogen) atoms. The standard InChI is InChI=1S/C16H17BrFNO2/c17-10-6-7-11(13(18)9-10)16(21)19-8-2-4-14(19)12-3-1-5-15(12)20/h6-7,9,12,14H,1-5,8H2. The first-order valence-corrected chi connectivity index (χ1v) is 8.16. The molecule has 1 aliphatic heterocycles. The van der Waals surface area contributed by atoms with Crippen molar-refractivity contribution in [1.82, 2.24) is 4.90 Å². The van der Waals surface area contributed by atoms with Crippen molar-refractivity contribution in [1.29, 1.82) is 0 Å². The van der Waals surface area contributed by atoms with Crippen LogP contribution in [0.5, 0.6) is 0 Å². The van der Waals surface area contributed by atoms with Gasteiger partial charge in [-0.25, -0.2) is 4.39 Å². The van der Waals surface area contributed by atoms with Crippen LogP contribution in [0.25, 0.3) is 0 Å². The van der Waals surface area contributed by atoms with Gasteiger partial charge in [0.15, 0.2) is 0 Å². The van der Waals surface area contributed by atoms with Gasteiger partial charge in [0.05, 0.1) is 5.56 Å². The van der Waals surface area contributed by atoms with Gasteiger partial charge in [-0.1, -0.05) is 15.9 Å². The maximum atomic E-state index is 14.0. The Kier molecular flexibility index (Phi) is 4.11. The van der Waals surface area contributed by atoms with Gasteiger partial charge >= 0.3 is 0 Å². The van der Waals surface area contributed by atoms with E-state index in [0.717, 1.165) is 25.7 Å². The molecule has 0 radical (unpaired) electrons. The van der Waals surface area contributed by atoms with Gasteiger partial charge in [-0.05, 0) is 43.9 Å². The average Bonchev–Trinajstić information content (AvgIpc) is 3.06. The maximum absolute atomic E-state index is 14.0. The van der Waals surface area contributed by atoms with Crippen molar-refractivity contribution in [2.45, 2.75) is 38.1 Å². The van der Waals surface area contributed by atoms with E-state index in [9.17, 15) is 14.0 Å². The molecule has 0 aromatic heterocycles. The molecule has 3 rings (SSSR count). The highest BCUT2D eigenvalue weighted by Gasteiger charge is 2.40. The summed E-state index contributed by atoms with van der Waals surface area (Å²) in [5.74, 6) is -0.592. The van der Waals surface area contributed by atoms with Crippen LogP contribution in [0.1, 0.15) is 42.5 Å². The minimum Gasteiger partial charge on any atom is -0.335 e. The largest absolute Gasteiger partial charge is 0.335 e. The Morgan fingerprint density at radius 3 is 2.76 bits per heavy atom. The highest BCUT2D eigenvalue weighted by Crippen LogP contribution is 2.34. The molecule has 2 aliphatic rings. The van der Waals surface area contributed by atoms with E-state index < -0.39 is 5.82 Å². The third kappa shape index (κ3) is 2.76. The fourth-order valence-corrected chi connectivity index (χ4v) is 3.86. The molecule has 0 N–H and O–H groups in total. The second-order valence-corrected chi connectivity index (χ2v) is 6.71. The fraction of sp³-hybridized carbons (Fsp3) is 0.500. The highest BCUT2D eigenvalue weighted by molar-refractivity contribution is 9.10. The number of ketones is 1. The summed E-state index contributed by atoms with van der Waals surface area (Å²) >= 11 is 3.19. The van der Waals surface area contributed by atoms with Crippen molar-refractivity contribution in [2.24, 2.45) is 5.92 Å². The van der Waals surface area contributed by atoms with Gasteiger partial charge in [0, 0.05) is 29.4 Å². The Bertz CT molecular complexity index is 590. The van der Waals surface area contributed by atoms with Crippen molar-refractivity contribution >= 4 is 27.6 Å². The molecule has 1 aromatic rings. The molecule has 1 amide bonds. The molecule has 1 aromatic carbocycles. The molecule has 0 bridgehead atoms. The van der Waals surface area contributed by atoms with Crippen LogP contribution in [0, 0.1) is 11.7 Å². The number of carbonyl (C=O) groups excluding carboxylic acids is 2. The summed E-state index contributed by atoms with van der Waals surface area (Å²) in [4.78, 5) is 26.3. The first-order valence-electron chi connectivity index (χ1n) is 7.36. The summed E-state index contributed by atoms with van der Waals surface area (Å²) < 4.78 is 14.6. The van der Waals surface area contributed by atoms with Gasteiger partial charge in [-0.2, -0.15) is 0 Å². The second-order valence-electron chi connectivity index (χ2n) is 5.80. The van der Waals surface area contributed by atoms with Crippen molar-refractivity contribution in [3.63, 3.8) is 0 Å². The Labute approximate surface area is 131 Å². The molecule has 5 heteroatoms. The van der Waals surface area contributed by atoms with E-state index >= 15 is 0 Å². The number of halogens is 2. The average molecular weight is 354 g/mol. The molecule has 1 aliphatic carbocycles. The summed E-state index contributed by atoms with van der Waals surface area (Å²) in [6.45, 7) is 0.614. The lowest BCUT2D eigenvalue weighted by Gasteiger charge is -2.28. The van der Waals surface area contributed by atoms with E-state index in [-0.39, 0.29) is 29.2 Å². The quantitative estimate of drug-likeness (QED) is 0.814. The van der Waals surface area contributed by atoms with Crippen LogP contribution in [-0.4, -0.2) is 29.2 Å². The van der Waals surface area contributed by atoms with Crippen LogP contribution in [0.15, 0.2) is 22.7 Å². The van der Waals surface area contributed by atoms with Crippen LogP contribution < -0.4 is 0 Å². The Morgan fingerprint density at radius 2 is 2.10 bits per heavy atom. The fourth-order valence-electron chi connectivity index (χ4n) is 3.53. The number of Topliss-reactive ketones (excluding diaryl/α,β-unsaturated/α-hetero) is 1. The summed E-state index contributed by atoms with van der Waals surface area (Å²) in [5.41, 5.74) is 0.0931. The van der Waals surface area contributed by atoms with Gasteiger partial charge < -0.3 is 4.90 Å². The van der Waals surface area contributed by atoms with Crippen molar-refractivity contribution in [3.8, 4) is 0 Å². The van der Waals surface area contributed by atoms with Gasteiger partial charge in [0.25, 0.3) is 5.91 Å². The van der Waals surface area contributed by atoms with E-state index in [1.165, 1.54) is 12.1 Å². The third-order valence-corrected chi connectivity index (χ3v) is 5.03.